The number of benzene rings is 2. The van der Waals surface area contributed by atoms with Gasteiger partial charge in [0.05, 0.1) is 39.9 Å². The second-order valence-electron chi connectivity index (χ2n) is 15.3. The summed E-state index contributed by atoms with van der Waals surface area (Å²) in [5, 5.41) is 0.861. The zero-order valence-corrected chi connectivity index (χ0v) is 31.2. The number of piperidine rings is 2. The Labute approximate surface area is 313 Å². The molecule has 282 valence electrons. The minimum atomic E-state index is -4.68. The number of aromatic nitrogens is 3. The normalized spacial score (nSPS) is 22.7. The van der Waals surface area contributed by atoms with Crippen molar-refractivity contribution in [2.45, 2.75) is 75.3 Å². The molecule has 4 fully saturated rings. The summed E-state index contributed by atoms with van der Waals surface area (Å²) in [6.45, 7) is 3.97. The molecule has 2 bridgehead atoms. The number of hydrogen-bond acceptors (Lipinski definition) is 7. The predicted molar refractivity (Wildman–Crippen MR) is 199 cm³/mol. The van der Waals surface area contributed by atoms with Gasteiger partial charge in [-0.25, -0.2) is 4.79 Å². The van der Waals surface area contributed by atoms with Crippen molar-refractivity contribution < 1.29 is 22.8 Å². The van der Waals surface area contributed by atoms with Crippen LogP contribution in [-0.4, -0.2) is 110 Å². The summed E-state index contributed by atoms with van der Waals surface area (Å²) in [6, 6.07) is 11.5. The maximum atomic E-state index is 14.2. The Morgan fingerprint density at radius 2 is 1.68 bits per heavy atom. The third-order valence-corrected chi connectivity index (χ3v) is 12.9. The van der Waals surface area contributed by atoms with Crippen molar-refractivity contribution in [1.29, 1.82) is 0 Å². The van der Waals surface area contributed by atoms with Crippen LogP contribution in [0.1, 0.15) is 55.7 Å². The number of carbonyl (C=O) groups excluding carboxylic acids is 2. The van der Waals surface area contributed by atoms with Crippen molar-refractivity contribution in [3.63, 3.8) is 0 Å². The Balaban J connectivity index is 0.973. The van der Waals surface area contributed by atoms with Crippen LogP contribution < -0.4 is 11.4 Å². The van der Waals surface area contributed by atoms with E-state index in [1.165, 1.54) is 12.5 Å². The van der Waals surface area contributed by atoms with Crippen LogP contribution in [-0.2, 0) is 22.2 Å². The zero-order valence-electron chi connectivity index (χ0n) is 29.6. The Bertz CT molecular complexity index is 2100. The van der Waals surface area contributed by atoms with Crippen LogP contribution in [0.4, 0.5) is 18.9 Å². The minimum Gasteiger partial charge on any atom is -0.397 e. The van der Waals surface area contributed by atoms with E-state index in [2.05, 4.69) is 42.7 Å². The molecular formula is C38H44BrF3N8O3. The van der Waals surface area contributed by atoms with Gasteiger partial charge in [0, 0.05) is 79.7 Å². The molecule has 11 nitrogen and oxygen atoms in total. The largest absolute Gasteiger partial charge is 0.418 e. The number of nitrogens with one attached hydrogen (secondary N) is 1. The Kier molecular flexibility index (Phi) is 9.55. The smallest absolute Gasteiger partial charge is 0.397 e. The SMILES string of the molecule is CN1CC2CC1CN2C1CCN(C(=O)[C@H](CC(=O)N2CCC(n3c(=O)[nH]c4c5ccccc5ncc43)CC2)Cc2cc(Br)c(N)c(C(F)(F)F)c2)CC1. The van der Waals surface area contributed by atoms with E-state index in [9.17, 15) is 27.6 Å². The van der Waals surface area contributed by atoms with E-state index in [1.807, 2.05) is 24.3 Å². The van der Waals surface area contributed by atoms with Crippen molar-refractivity contribution in [2.75, 3.05) is 52.0 Å². The van der Waals surface area contributed by atoms with Crippen molar-refractivity contribution >= 4 is 55.4 Å². The number of nitrogens with two attached hydrogens (primary N) is 1. The highest BCUT2D eigenvalue weighted by molar-refractivity contribution is 9.10. The standard InChI is InChI=1S/C38H44BrF3N8O3/c1-46-20-27-18-26(46)21-49(27)24-6-12-48(13-7-24)36(52)23(14-22-15-29(38(40,41)42)34(43)30(39)16-22)17-33(51)47-10-8-25(9-11-47)50-32-19-44-31-5-3-2-4-28(31)35(32)45-37(50)53/h2-5,15-16,19,23-27H,6-14,17-18,20-21,43H2,1H3,(H,45,53)/t23-,26?,27?/m0/s1. The van der Waals surface area contributed by atoms with Crippen LogP contribution in [0.5, 0.6) is 0 Å². The van der Waals surface area contributed by atoms with Gasteiger partial charge in [-0.2, -0.15) is 13.2 Å². The summed E-state index contributed by atoms with van der Waals surface area (Å²) >= 11 is 3.18. The van der Waals surface area contributed by atoms with Gasteiger partial charge in [0.2, 0.25) is 11.8 Å². The molecule has 2 aromatic carbocycles. The van der Waals surface area contributed by atoms with Gasteiger partial charge in [-0.1, -0.05) is 18.2 Å². The number of nitrogen functional groups attached to an aromatic ring is 1. The number of likely N-dealkylation sites (N-methyl/N-ethyl adjacent to an activating group) is 1. The number of H-pyrrole nitrogens is 1. The van der Waals surface area contributed by atoms with Gasteiger partial charge in [-0.15, -0.1) is 0 Å². The van der Waals surface area contributed by atoms with E-state index >= 15 is 0 Å². The molecule has 3 N–H and O–H groups in total. The molecule has 4 saturated heterocycles. The molecule has 2 amide bonds. The first-order valence-corrected chi connectivity index (χ1v) is 19.3. The molecule has 0 aliphatic carbocycles. The number of amides is 2. The van der Waals surface area contributed by atoms with Crippen LogP contribution in [0.15, 0.2) is 51.9 Å². The number of nitrogens with zero attached hydrogens (tertiary/aromatic N) is 6. The van der Waals surface area contributed by atoms with Crippen LogP contribution >= 0.6 is 15.9 Å². The highest BCUT2D eigenvalue weighted by Crippen LogP contribution is 2.39. The number of alkyl halides is 3. The lowest BCUT2D eigenvalue weighted by atomic mass is 9.91. The van der Waals surface area contributed by atoms with E-state index in [0.717, 1.165) is 48.4 Å². The second-order valence-corrected chi connectivity index (χ2v) is 16.2. The lowest BCUT2D eigenvalue weighted by molar-refractivity contribution is -0.143. The molecule has 4 aliphatic rings. The molecule has 15 heteroatoms. The number of pyridine rings is 1. The number of imidazole rings is 1. The number of likely N-dealkylation sites (tertiary alicyclic amines) is 4. The fourth-order valence-corrected chi connectivity index (χ4v) is 9.88. The van der Waals surface area contributed by atoms with Gasteiger partial charge < -0.3 is 25.4 Å². The number of para-hydroxylation sites is 1. The highest BCUT2D eigenvalue weighted by atomic mass is 79.9. The molecule has 4 aromatic rings. The van der Waals surface area contributed by atoms with Crippen LogP contribution in [0.25, 0.3) is 21.9 Å². The van der Waals surface area contributed by atoms with Gasteiger partial charge >= 0.3 is 11.9 Å². The maximum absolute atomic E-state index is 14.2. The molecule has 8 rings (SSSR count). The van der Waals surface area contributed by atoms with Crippen molar-refractivity contribution in [2.24, 2.45) is 5.92 Å². The summed E-state index contributed by atoms with van der Waals surface area (Å²) in [5.74, 6) is -1.28. The number of hydrogen-bond donors (Lipinski definition) is 2. The molecule has 6 heterocycles. The number of rotatable bonds is 7. The molecule has 4 aliphatic heterocycles. The summed E-state index contributed by atoms with van der Waals surface area (Å²) < 4.78 is 43.6. The Morgan fingerprint density at radius 3 is 2.36 bits per heavy atom. The summed E-state index contributed by atoms with van der Waals surface area (Å²) in [6.07, 6.45) is 0.782. The molecule has 3 atom stereocenters. The molecule has 2 aromatic heterocycles. The molecular weight excluding hydrogens is 753 g/mol. The number of fused-ring (bicyclic) bond motifs is 5. The first kappa shape index (κ1) is 36.0. The van der Waals surface area contributed by atoms with E-state index in [0.29, 0.717) is 62.7 Å². The number of carbonyl (C=O) groups is 2. The number of anilines is 1. The van der Waals surface area contributed by atoms with Gasteiger partial charge in [0.15, 0.2) is 0 Å². The first-order valence-electron chi connectivity index (χ1n) is 18.5. The van der Waals surface area contributed by atoms with Gasteiger partial charge in [-0.05, 0) is 85.3 Å². The fourth-order valence-electron chi connectivity index (χ4n) is 9.37. The van der Waals surface area contributed by atoms with Gasteiger partial charge in [-0.3, -0.25) is 24.0 Å². The maximum Gasteiger partial charge on any atom is 0.418 e. The van der Waals surface area contributed by atoms with Crippen LogP contribution in [0.3, 0.4) is 0 Å². The third-order valence-electron chi connectivity index (χ3n) is 12.2. The number of halogens is 4. The molecule has 0 spiro atoms. The number of piperazine rings is 1. The monoisotopic (exact) mass is 796 g/mol. The Morgan fingerprint density at radius 1 is 0.981 bits per heavy atom. The quantitative estimate of drug-likeness (QED) is 0.252. The van der Waals surface area contributed by atoms with Gasteiger partial charge in [0.1, 0.15) is 0 Å². The fraction of sp³-hybridized carbons (Fsp3) is 0.526. The van der Waals surface area contributed by atoms with Crippen molar-refractivity contribution in [3.8, 4) is 0 Å². The van der Waals surface area contributed by atoms with Crippen LogP contribution in [0, 0.1) is 5.92 Å². The molecule has 0 radical (unpaired) electrons. The highest BCUT2D eigenvalue weighted by Gasteiger charge is 2.45. The average Bonchev–Trinajstić information content (AvgIpc) is 3.83. The molecule has 0 saturated carbocycles. The molecule has 2 unspecified atom stereocenters. The van der Waals surface area contributed by atoms with Gasteiger partial charge in [0.25, 0.3) is 0 Å². The molecule has 53 heavy (non-hydrogen) atoms. The van der Waals surface area contributed by atoms with E-state index in [1.54, 1.807) is 20.6 Å². The van der Waals surface area contributed by atoms with Crippen molar-refractivity contribution in [3.05, 3.63) is 68.7 Å². The summed E-state index contributed by atoms with van der Waals surface area (Å²) in [4.78, 5) is 57.5. The third kappa shape index (κ3) is 6.84. The number of aromatic amines is 1. The lowest BCUT2D eigenvalue weighted by Gasteiger charge is -2.42. The topological polar surface area (TPSA) is 124 Å². The van der Waals surface area contributed by atoms with E-state index in [-0.39, 0.29) is 46.4 Å². The Hall–Kier alpha value is -3.95. The second kappa shape index (κ2) is 14.0. The first-order chi connectivity index (χ1) is 25.4. The van der Waals surface area contributed by atoms with Crippen molar-refractivity contribution in [1.82, 2.24) is 34.1 Å². The summed E-state index contributed by atoms with van der Waals surface area (Å²) in [5.41, 5.74) is 6.70. The summed E-state index contributed by atoms with van der Waals surface area (Å²) in [7, 11) is 2.18. The minimum absolute atomic E-state index is 0.0309. The zero-order chi connectivity index (χ0) is 37.2. The van der Waals surface area contributed by atoms with E-state index in [4.69, 9.17) is 5.73 Å². The van der Waals surface area contributed by atoms with Crippen LogP contribution in [0.2, 0.25) is 0 Å². The van der Waals surface area contributed by atoms with E-state index < -0.39 is 23.3 Å². The predicted octanol–water partition coefficient (Wildman–Crippen LogP) is 5.03. The lowest BCUT2D eigenvalue weighted by Crippen LogP contribution is -2.54. The average molecular weight is 798 g/mol.